The first-order chi connectivity index (χ1) is 27.6. The zero-order valence-electron chi connectivity index (χ0n) is 34.1. The van der Waals surface area contributed by atoms with E-state index in [1.807, 2.05) is 43.9 Å². The molecule has 0 bridgehead atoms. The van der Waals surface area contributed by atoms with Crippen LogP contribution in [0.5, 0.6) is 5.88 Å². The molecule has 1 aliphatic carbocycles. The van der Waals surface area contributed by atoms with Crippen molar-refractivity contribution < 1.29 is 27.5 Å². The van der Waals surface area contributed by atoms with Crippen molar-refractivity contribution in [1.82, 2.24) is 29.4 Å². The van der Waals surface area contributed by atoms with Crippen molar-refractivity contribution in [3.05, 3.63) is 89.2 Å². The van der Waals surface area contributed by atoms with Crippen molar-refractivity contribution in [3.8, 4) is 11.7 Å². The maximum Gasteiger partial charge on any atom is 0.410 e. The molecule has 13 nitrogen and oxygen atoms in total. The number of carbonyl (C=O) groups excluding carboxylic acids is 2. The third-order valence-electron chi connectivity index (χ3n) is 11.0. The fourth-order valence-corrected chi connectivity index (χ4v) is 9.18. The minimum Gasteiger partial charge on any atom is -0.477 e. The summed E-state index contributed by atoms with van der Waals surface area (Å²) < 4.78 is 41.9. The van der Waals surface area contributed by atoms with E-state index >= 15 is 0 Å². The molecule has 2 amide bonds. The van der Waals surface area contributed by atoms with Gasteiger partial charge in [0.05, 0.1) is 12.2 Å². The molecule has 0 radical (unpaired) electrons. The van der Waals surface area contributed by atoms with Crippen molar-refractivity contribution in [2.75, 3.05) is 25.0 Å². The number of ether oxygens (including phenoxy) is 2. The topological polar surface area (TPSA) is 158 Å². The van der Waals surface area contributed by atoms with Crippen LogP contribution in [0.1, 0.15) is 102 Å². The summed E-state index contributed by atoms with van der Waals surface area (Å²) in [4.78, 5) is 36.9. The summed E-state index contributed by atoms with van der Waals surface area (Å²) in [5.74, 6) is 1.41. The number of aromatic nitrogens is 4. The van der Waals surface area contributed by atoms with Gasteiger partial charge >= 0.3 is 6.09 Å². The Morgan fingerprint density at radius 1 is 0.983 bits per heavy atom. The molecule has 2 unspecified atom stereocenters. The molecule has 2 N–H and O–H groups in total. The van der Waals surface area contributed by atoms with Crippen LogP contribution in [0.25, 0.3) is 5.82 Å². The van der Waals surface area contributed by atoms with E-state index in [9.17, 15) is 18.0 Å². The second-order valence-corrected chi connectivity index (χ2v) is 19.0. The van der Waals surface area contributed by atoms with Gasteiger partial charge in [0, 0.05) is 30.9 Å². The predicted molar refractivity (Wildman–Crippen MR) is 224 cm³/mol. The first-order valence-corrected chi connectivity index (χ1v) is 22.1. The summed E-state index contributed by atoms with van der Waals surface area (Å²) in [5.41, 5.74) is 0.170. The molecular weight excluding hydrogens is 778 g/mol. The Kier molecular flexibility index (Phi) is 13.7. The Morgan fingerprint density at radius 2 is 1.74 bits per heavy atom. The van der Waals surface area contributed by atoms with E-state index < -0.39 is 21.5 Å². The van der Waals surface area contributed by atoms with Crippen LogP contribution in [0.15, 0.2) is 78.0 Å². The van der Waals surface area contributed by atoms with Gasteiger partial charge in [0.2, 0.25) is 5.88 Å². The molecule has 2 atom stereocenters. The van der Waals surface area contributed by atoms with Gasteiger partial charge in [-0.1, -0.05) is 73.7 Å². The lowest BCUT2D eigenvalue weighted by Crippen LogP contribution is -2.45. The molecule has 58 heavy (non-hydrogen) atoms. The van der Waals surface area contributed by atoms with Crippen LogP contribution in [0, 0.1) is 17.8 Å². The largest absolute Gasteiger partial charge is 0.477 e. The van der Waals surface area contributed by atoms with Crippen LogP contribution in [0.4, 0.5) is 10.6 Å². The highest BCUT2D eigenvalue weighted by Gasteiger charge is 2.45. The smallest absolute Gasteiger partial charge is 0.410 e. The number of rotatable bonds is 16. The second-order valence-electron chi connectivity index (χ2n) is 17.1. The van der Waals surface area contributed by atoms with Gasteiger partial charge in [0.1, 0.15) is 16.6 Å². The van der Waals surface area contributed by atoms with E-state index in [2.05, 4.69) is 51.1 Å². The minimum absolute atomic E-state index is 0.120. The molecule has 312 valence electrons. The highest BCUT2D eigenvalue weighted by molar-refractivity contribution is 7.90. The number of amides is 2. The lowest BCUT2D eigenvalue weighted by atomic mass is 9.81. The number of benzene rings is 1. The molecule has 6 rings (SSSR count). The molecule has 4 aromatic rings. The van der Waals surface area contributed by atoms with Crippen molar-refractivity contribution >= 4 is 39.4 Å². The summed E-state index contributed by atoms with van der Waals surface area (Å²) >= 11 is 6.40. The molecule has 4 heterocycles. The van der Waals surface area contributed by atoms with Crippen molar-refractivity contribution in [3.63, 3.8) is 0 Å². The lowest BCUT2D eigenvalue weighted by Gasteiger charge is -2.33. The quantitative estimate of drug-likeness (QED) is 0.105. The van der Waals surface area contributed by atoms with Gasteiger partial charge in [-0.3, -0.25) is 4.79 Å². The Morgan fingerprint density at radius 3 is 2.47 bits per heavy atom. The maximum atomic E-state index is 13.4. The molecule has 1 aromatic carbocycles. The van der Waals surface area contributed by atoms with Gasteiger partial charge in [-0.2, -0.15) is 8.42 Å². The van der Waals surface area contributed by atoms with Gasteiger partial charge in [0.15, 0.2) is 10.8 Å². The van der Waals surface area contributed by atoms with Gasteiger partial charge < -0.3 is 19.7 Å². The van der Waals surface area contributed by atoms with Crippen molar-refractivity contribution in [1.29, 1.82) is 0 Å². The summed E-state index contributed by atoms with van der Waals surface area (Å²) in [5, 5.41) is 7.19. The summed E-state index contributed by atoms with van der Waals surface area (Å²) in [6, 6.07) is 19.6. The van der Waals surface area contributed by atoms with Gasteiger partial charge in [-0.05, 0) is 114 Å². The number of aryl methyl sites for hydroxylation is 1. The second kappa shape index (κ2) is 18.5. The highest BCUT2D eigenvalue weighted by atomic mass is 35.5. The fourth-order valence-electron chi connectivity index (χ4n) is 8.01. The van der Waals surface area contributed by atoms with Crippen LogP contribution in [-0.4, -0.2) is 75.9 Å². The SMILES string of the molecule is CC(C)(C)OC(=O)N1CC(C(CCNc2cccc(S(=O)(=O)NC(=O)c3ccc(-n4ccc(OCCC5CCCC5)n4)nc3Cl)n2)CCc2ccccc2)CC1(C)C. The molecule has 0 spiro atoms. The standard InChI is InChI=1S/C43H56ClN7O6S/c1-42(2,3)57-41(53)50-29-33(28-43(50,4)5)32(19-18-30-12-7-6-8-13-30)22-25-45-35-16-11-17-38(46-35)58(54,55)49-40(52)34-20-21-36(47-39(34)44)51-26-23-37(48-51)56-27-24-31-14-9-10-15-31/h6-8,11-13,16-17,20-21,23,26,31-33H,9-10,14-15,18-19,22,24-25,27-29H2,1-5H3,(H,45,46)(H,49,52). The highest BCUT2D eigenvalue weighted by Crippen LogP contribution is 2.40. The predicted octanol–water partition coefficient (Wildman–Crippen LogP) is 8.48. The third kappa shape index (κ3) is 11.5. The Labute approximate surface area is 347 Å². The monoisotopic (exact) mass is 833 g/mol. The van der Waals surface area contributed by atoms with Crippen molar-refractivity contribution in [2.24, 2.45) is 17.8 Å². The summed E-state index contributed by atoms with van der Waals surface area (Å²) in [6.45, 7) is 11.5. The number of halogens is 1. The molecule has 3 aromatic heterocycles. The third-order valence-corrected chi connectivity index (χ3v) is 12.5. The van der Waals surface area contributed by atoms with E-state index in [0.29, 0.717) is 43.1 Å². The maximum absolute atomic E-state index is 13.4. The molecule has 15 heteroatoms. The fraction of sp³-hybridized carbons (Fsp3) is 0.512. The molecule has 1 saturated carbocycles. The van der Waals surface area contributed by atoms with Crippen LogP contribution in [0.3, 0.4) is 0 Å². The number of pyridine rings is 2. The molecular formula is C43H56ClN7O6S. The Bertz CT molecular complexity index is 2130. The van der Waals surface area contributed by atoms with Gasteiger partial charge in [0.25, 0.3) is 15.9 Å². The number of hydrogen-bond acceptors (Lipinski definition) is 10. The van der Waals surface area contributed by atoms with Crippen LogP contribution < -0.4 is 14.8 Å². The van der Waals surface area contributed by atoms with E-state index in [1.165, 1.54) is 54.1 Å². The average Bonchev–Trinajstić information content (AvgIpc) is 3.93. The summed E-state index contributed by atoms with van der Waals surface area (Å²) in [6.07, 6.45) is 10.8. The summed E-state index contributed by atoms with van der Waals surface area (Å²) in [7, 11) is -4.38. The van der Waals surface area contributed by atoms with E-state index in [-0.39, 0.29) is 39.2 Å². The van der Waals surface area contributed by atoms with Crippen LogP contribution in [-0.2, 0) is 21.2 Å². The average molecular weight is 834 g/mol. The van der Waals surface area contributed by atoms with Crippen LogP contribution in [0.2, 0.25) is 5.15 Å². The number of sulfonamides is 1. The normalized spacial score (nSPS) is 17.6. The number of likely N-dealkylation sites (tertiary alicyclic amines) is 1. The molecule has 1 aliphatic heterocycles. The van der Waals surface area contributed by atoms with Gasteiger partial charge in [-0.15, -0.1) is 5.10 Å². The number of hydrogen-bond donors (Lipinski definition) is 2. The number of anilines is 1. The molecule has 1 saturated heterocycles. The Balaban J connectivity index is 1.06. The molecule has 2 fully saturated rings. The minimum atomic E-state index is -4.38. The Hall–Kier alpha value is -4.69. The van der Waals surface area contributed by atoms with Crippen molar-refractivity contribution in [2.45, 2.75) is 109 Å². The first-order valence-electron chi connectivity index (χ1n) is 20.2. The zero-order chi connectivity index (χ0) is 41.5. The number of nitrogens with one attached hydrogen (secondary N) is 2. The van der Waals surface area contributed by atoms with Gasteiger partial charge in [-0.25, -0.2) is 24.2 Å². The zero-order valence-corrected chi connectivity index (χ0v) is 35.7. The molecule has 2 aliphatic rings. The van der Waals surface area contributed by atoms with E-state index in [1.54, 1.807) is 24.4 Å². The van der Waals surface area contributed by atoms with E-state index in [4.69, 9.17) is 21.1 Å². The van der Waals surface area contributed by atoms with E-state index in [0.717, 1.165) is 32.1 Å². The first kappa shape index (κ1) is 42.9. The number of nitrogens with zero attached hydrogens (tertiary/aromatic N) is 5. The van der Waals surface area contributed by atoms with Crippen LogP contribution >= 0.6 is 11.6 Å². The number of carbonyl (C=O) groups is 2. The lowest BCUT2D eigenvalue weighted by molar-refractivity contribution is 0.0128.